The third kappa shape index (κ3) is 5.25. The molecule has 4 rings (SSSR count). The standard InChI is InChI=1S/C24H30N4O2/c1-17-5-8-22(25-16-17)27-24(30)19-9-12-28(13-10-19)14-11-23(29)26-21-7-6-18-3-2-4-20(18)15-21/h5-8,15-16,19H,2-4,9-14H2,1H3,(H,26,29)(H,25,27,30). The lowest BCUT2D eigenvalue weighted by molar-refractivity contribution is -0.121. The minimum atomic E-state index is 0.00425. The van der Waals surface area contributed by atoms with Gasteiger partial charge in [0.25, 0.3) is 0 Å². The molecule has 0 radical (unpaired) electrons. The fourth-order valence-corrected chi connectivity index (χ4v) is 4.32. The Morgan fingerprint density at radius 3 is 2.63 bits per heavy atom. The van der Waals surface area contributed by atoms with Crippen molar-refractivity contribution < 1.29 is 9.59 Å². The van der Waals surface area contributed by atoms with Crippen LogP contribution in [-0.4, -0.2) is 41.3 Å². The van der Waals surface area contributed by atoms with Gasteiger partial charge < -0.3 is 15.5 Å². The second-order valence-electron chi connectivity index (χ2n) is 8.46. The number of likely N-dealkylation sites (tertiary alicyclic amines) is 1. The highest BCUT2D eigenvalue weighted by Crippen LogP contribution is 2.25. The minimum Gasteiger partial charge on any atom is -0.326 e. The van der Waals surface area contributed by atoms with Crippen molar-refractivity contribution in [1.29, 1.82) is 0 Å². The average molecular weight is 407 g/mol. The number of aryl methyl sites for hydroxylation is 3. The van der Waals surface area contributed by atoms with Crippen molar-refractivity contribution in [1.82, 2.24) is 9.88 Å². The van der Waals surface area contributed by atoms with Crippen LogP contribution in [0, 0.1) is 12.8 Å². The van der Waals surface area contributed by atoms with Gasteiger partial charge >= 0.3 is 0 Å². The normalized spacial score (nSPS) is 16.8. The fourth-order valence-electron chi connectivity index (χ4n) is 4.32. The summed E-state index contributed by atoms with van der Waals surface area (Å²) in [5, 5.41) is 5.95. The second-order valence-corrected chi connectivity index (χ2v) is 8.46. The van der Waals surface area contributed by atoms with Gasteiger partial charge in [-0.2, -0.15) is 0 Å². The molecule has 0 unspecified atom stereocenters. The van der Waals surface area contributed by atoms with Crippen LogP contribution in [0.3, 0.4) is 0 Å². The molecule has 1 aromatic carbocycles. The Kier molecular flexibility index (Phi) is 6.43. The first-order valence-electron chi connectivity index (χ1n) is 10.9. The zero-order valence-corrected chi connectivity index (χ0v) is 17.6. The number of fused-ring (bicyclic) bond motifs is 1. The molecule has 6 heteroatoms. The molecule has 2 heterocycles. The summed E-state index contributed by atoms with van der Waals surface area (Å²) < 4.78 is 0. The highest BCUT2D eigenvalue weighted by atomic mass is 16.2. The maximum Gasteiger partial charge on any atom is 0.228 e. The van der Waals surface area contributed by atoms with E-state index < -0.39 is 0 Å². The largest absolute Gasteiger partial charge is 0.326 e. The fraction of sp³-hybridized carbons (Fsp3) is 0.458. The Hall–Kier alpha value is -2.73. The number of piperidine rings is 1. The number of aromatic nitrogens is 1. The summed E-state index contributed by atoms with van der Waals surface area (Å²) in [5.74, 6) is 0.708. The maximum absolute atomic E-state index is 12.5. The molecule has 0 bridgehead atoms. The average Bonchev–Trinajstić information content (AvgIpc) is 3.22. The van der Waals surface area contributed by atoms with Crippen LogP contribution in [0.15, 0.2) is 36.5 Å². The molecule has 2 aromatic rings. The third-order valence-corrected chi connectivity index (χ3v) is 6.16. The van der Waals surface area contributed by atoms with Gasteiger partial charge in [0.1, 0.15) is 5.82 Å². The summed E-state index contributed by atoms with van der Waals surface area (Å²) in [5.41, 5.74) is 4.76. The molecule has 6 nitrogen and oxygen atoms in total. The van der Waals surface area contributed by atoms with Crippen molar-refractivity contribution in [2.24, 2.45) is 5.92 Å². The number of hydrogen-bond donors (Lipinski definition) is 2. The number of benzene rings is 1. The molecule has 2 aliphatic rings. The Labute approximate surface area is 178 Å². The van der Waals surface area contributed by atoms with Crippen molar-refractivity contribution in [2.45, 2.75) is 45.4 Å². The van der Waals surface area contributed by atoms with Crippen molar-refractivity contribution >= 4 is 23.3 Å². The van der Waals surface area contributed by atoms with Crippen LogP contribution < -0.4 is 10.6 Å². The molecular formula is C24H30N4O2. The number of carbonyl (C=O) groups excluding carboxylic acids is 2. The molecule has 1 aromatic heterocycles. The van der Waals surface area contributed by atoms with E-state index in [1.165, 1.54) is 17.5 Å². The van der Waals surface area contributed by atoms with Gasteiger partial charge in [0.2, 0.25) is 11.8 Å². The molecule has 158 valence electrons. The van der Waals surface area contributed by atoms with Crippen LogP contribution in [0.1, 0.15) is 42.4 Å². The third-order valence-electron chi connectivity index (χ3n) is 6.16. The topological polar surface area (TPSA) is 74.3 Å². The smallest absolute Gasteiger partial charge is 0.228 e. The first-order chi connectivity index (χ1) is 14.6. The minimum absolute atomic E-state index is 0.00425. The molecule has 1 saturated heterocycles. The van der Waals surface area contributed by atoms with Gasteiger partial charge in [-0.05, 0) is 87.0 Å². The number of pyridine rings is 1. The lowest BCUT2D eigenvalue weighted by atomic mass is 9.96. The number of nitrogens with one attached hydrogen (secondary N) is 2. The van der Waals surface area contributed by atoms with Crippen LogP contribution in [-0.2, 0) is 22.4 Å². The molecule has 2 amide bonds. The van der Waals surface area contributed by atoms with E-state index in [0.717, 1.165) is 56.6 Å². The summed E-state index contributed by atoms with van der Waals surface area (Å²) in [6.45, 7) is 4.38. The molecular weight excluding hydrogens is 376 g/mol. The summed E-state index contributed by atoms with van der Waals surface area (Å²) in [4.78, 5) is 31.3. The number of hydrogen-bond acceptors (Lipinski definition) is 4. The van der Waals surface area contributed by atoms with Gasteiger partial charge in [0.15, 0.2) is 0 Å². The highest BCUT2D eigenvalue weighted by Gasteiger charge is 2.25. The predicted octanol–water partition coefficient (Wildman–Crippen LogP) is 3.56. The number of amides is 2. The van der Waals surface area contributed by atoms with Gasteiger partial charge in [-0.25, -0.2) is 4.98 Å². The molecule has 1 fully saturated rings. The highest BCUT2D eigenvalue weighted by molar-refractivity contribution is 5.92. The van der Waals surface area contributed by atoms with E-state index >= 15 is 0 Å². The van der Waals surface area contributed by atoms with Crippen LogP contribution in [0.2, 0.25) is 0 Å². The van der Waals surface area contributed by atoms with Crippen molar-refractivity contribution in [3.63, 3.8) is 0 Å². The number of carbonyl (C=O) groups is 2. The Morgan fingerprint density at radius 2 is 1.87 bits per heavy atom. The molecule has 0 spiro atoms. The Balaban J connectivity index is 1.18. The van der Waals surface area contributed by atoms with Gasteiger partial charge in [-0.3, -0.25) is 9.59 Å². The van der Waals surface area contributed by atoms with E-state index in [2.05, 4.69) is 32.7 Å². The lowest BCUT2D eigenvalue weighted by Gasteiger charge is -2.31. The Bertz CT molecular complexity index is 902. The Morgan fingerprint density at radius 1 is 1.07 bits per heavy atom. The van der Waals surface area contributed by atoms with E-state index in [4.69, 9.17) is 0 Å². The van der Waals surface area contributed by atoms with Gasteiger partial charge in [-0.15, -0.1) is 0 Å². The molecule has 1 aliphatic heterocycles. The monoisotopic (exact) mass is 406 g/mol. The van der Waals surface area contributed by atoms with Gasteiger partial charge in [-0.1, -0.05) is 12.1 Å². The van der Waals surface area contributed by atoms with Crippen LogP contribution in [0.4, 0.5) is 11.5 Å². The van der Waals surface area contributed by atoms with E-state index in [-0.39, 0.29) is 17.7 Å². The zero-order chi connectivity index (χ0) is 20.9. The summed E-state index contributed by atoms with van der Waals surface area (Å²) >= 11 is 0. The number of nitrogens with zero attached hydrogens (tertiary/aromatic N) is 2. The predicted molar refractivity (Wildman–Crippen MR) is 118 cm³/mol. The van der Waals surface area contributed by atoms with Crippen LogP contribution in [0.25, 0.3) is 0 Å². The summed E-state index contributed by atoms with van der Waals surface area (Å²) in [6, 6.07) is 10.0. The maximum atomic E-state index is 12.5. The van der Waals surface area contributed by atoms with Gasteiger partial charge in [0.05, 0.1) is 0 Å². The van der Waals surface area contributed by atoms with E-state index in [1.807, 2.05) is 25.1 Å². The van der Waals surface area contributed by atoms with E-state index in [0.29, 0.717) is 12.2 Å². The van der Waals surface area contributed by atoms with Gasteiger partial charge in [0, 0.05) is 30.8 Å². The first-order valence-corrected chi connectivity index (χ1v) is 10.9. The quantitative estimate of drug-likeness (QED) is 0.769. The second kappa shape index (κ2) is 9.39. The first kappa shape index (κ1) is 20.5. The molecule has 30 heavy (non-hydrogen) atoms. The lowest BCUT2D eigenvalue weighted by Crippen LogP contribution is -2.39. The molecule has 2 N–H and O–H groups in total. The van der Waals surface area contributed by atoms with Crippen molar-refractivity contribution in [3.8, 4) is 0 Å². The summed E-state index contributed by atoms with van der Waals surface area (Å²) in [6.07, 6.45) is 7.32. The van der Waals surface area contributed by atoms with Crippen LogP contribution >= 0.6 is 0 Å². The van der Waals surface area contributed by atoms with E-state index in [1.54, 1.807) is 6.20 Å². The summed E-state index contributed by atoms with van der Waals surface area (Å²) in [7, 11) is 0. The van der Waals surface area contributed by atoms with Crippen LogP contribution in [0.5, 0.6) is 0 Å². The molecule has 0 atom stereocenters. The molecule has 1 aliphatic carbocycles. The number of anilines is 2. The number of rotatable bonds is 6. The SMILES string of the molecule is Cc1ccc(NC(=O)C2CCN(CCC(=O)Nc3ccc4c(c3)CCC4)CC2)nc1. The molecule has 0 saturated carbocycles. The van der Waals surface area contributed by atoms with Crippen molar-refractivity contribution in [3.05, 3.63) is 53.2 Å². The van der Waals surface area contributed by atoms with E-state index in [9.17, 15) is 9.59 Å². The van der Waals surface area contributed by atoms with Crippen molar-refractivity contribution in [2.75, 3.05) is 30.3 Å². The zero-order valence-electron chi connectivity index (χ0n) is 17.6.